The molecule has 29 heavy (non-hydrogen) atoms. The summed E-state index contributed by atoms with van der Waals surface area (Å²) in [6.07, 6.45) is 4.18. The molecule has 1 amide bonds. The van der Waals surface area contributed by atoms with Crippen LogP contribution in [0.2, 0.25) is 0 Å². The molecule has 0 radical (unpaired) electrons. The Hall–Kier alpha value is -2.49. The molecule has 1 heterocycles. The first kappa shape index (κ1) is 19.8. The highest BCUT2D eigenvalue weighted by atomic mass is 16.5. The lowest BCUT2D eigenvalue weighted by atomic mass is 9.91. The van der Waals surface area contributed by atoms with Crippen LogP contribution in [0.3, 0.4) is 0 Å². The number of amides is 1. The molecule has 0 N–H and O–H groups in total. The topological polar surface area (TPSA) is 32.8 Å². The number of ether oxygens (including phenoxy) is 1. The maximum Gasteiger partial charge on any atom is 0.263 e. The summed E-state index contributed by atoms with van der Waals surface area (Å²) < 4.78 is 6.17. The van der Waals surface area contributed by atoms with Crippen molar-refractivity contribution in [3.05, 3.63) is 58.7 Å². The van der Waals surface area contributed by atoms with Crippen LogP contribution in [-0.2, 0) is 17.6 Å². The van der Waals surface area contributed by atoms with Gasteiger partial charge in [0.2, 0.25) is 0 Å². The summed E-state index contributed by atoms with van der Waals surface area (Å²) in [4.78, 5) is 17.4. The van der Waals surface area contributed by atoms with Crippen molar-refractivity contribution >= 4 is 11.6 Å². The summed E-state index contributed by atoms with van der Waals surface area (Å²) in [6.45, 7) is 9.44. The number of anilines is 1. The quantitative estimate of drug-likeness (QED) is 0.778. The van der Waals surface area contributed by atoms with Crippen LogP contribution < -0.4 is 9.64 Å². The van der Waals surface area contributed by atoms with Gasteiger partial charge in [0.25, 0.3) is 5.91 Å². The molecule has 4 rings (SSSR count). The monoisotopic (exact) mass is 392 g/mol. The van der Waals surface area contributed by atoms with Crippen LogP contribution in [0.5, 0.6) is 5.75 Å². The van der Waals surface area contributed by atoms with Crippen molar-refractivity contribution < 1.29 is 9.53 Å². The number of piperazine rings is 1. The fraction of sp³-hybridized carbons (Fsp3) is 0.480. The van der Waals surface area contributed by atoms with Crippen molar-refractivity contribution in [3.8, 4) is 5.75 Å². The predicted octanol–water partition coefficient (Wildman–Crippen LogP) is 4.30. The third-order valence-corrected chi connectivity index (χ3v) is 6.51. The lowest BCUT2D eigenvalue weighted by Crippen LogP contribution is -2.52. The molecule has 4 heteroatoms. The first-order chi connectivity index (χ1) is 14.0. The molecule has 1 fully saturated rings. The van der Waals surface area contributed by atoms with Crippen LogP contribution >= 0.6 is 0 Å². The molecule has 1 saturated heterocycles. The Morgan fingerprint density at radius 2 is 1.69 bits per heavy atom. The van der Waals surface area contributed by atoms with E-state index in [9.17, 15) is 4.79 Å². The first-order valence-corrected chi connectivity index (χ1v) is 10.9. The lowest BCUT2D eigenvalue weighted by molar-refractivity contribution is -0.138. The van der Waals surface area contributed by atoms with Crippen molar-refractivity contribution in [2.45, 2.75) is 52.6 Å². The maximum absolute atomic E-state index is 13.0. The summed E-state index contributed by atoms with van der Waals surface area (Å²) in [6, 6.07) is 12.7. The van der Waals surface area contributed by atoms with Gasteiger partial charge in [-0.05, 0) is 80.8 Å². The average molecular weight is 393 g/mol. The molecule has 1 atom stereocenters. The van der Waals surface area contributed by atoms with Gasteiger partial charge in [0, 0.05) is 31.9 Å². The Morgan fingerprint density at radius 1 is 0.966 bits per heavy atom. The molecule has 0 bridgehead atoms. The van der Waals surface area contributed by atoms with Gasteiger partial charge < -0.3 is 14.5 Å². The summed E-state index contributed by atoms with van der Waals surface area (Å²) in [5.74, 6) is 0.996. The van der Waals surface area contributed by atoms with Crippen molar-refractivity contribution in [2.24, 2.45) is 0 Å². The third-order valence-electron chi connectivity index (χ3n) is 6.51. The molecule has 154 valence electrons. The number of carbonyl (C=O) groups is 1. The fourth-order valence-corrected chi connectivity index (χ4v) is 4.60. The molecule has 2 aromatic rings. The van der Waals surface area contributed by atoms with E-state index < -0.39 is 6.10 Å². The van der Waals surface area contributed by atoms with E-state index in [1.165, 1.54) is 40.8 Å². The zero-order chi connectivity index (χ0) is 20.4. The van der Waals surface area contributed by atoms with Gasteiger partial charge in [-0.3, -0.25) is 4.79 Å². The van der Waals surface area contributed by atoms with E-state index in [0.717, 1.165) is 44.8 Å². The molecule has 2 aromatic carbocycles. The highest BCUT2D eigenvalue weighted by Crippen LogP contribution is 2.30. The summed E-state index contributed by atoms with van der Waals surface area (Å²) in [7, 11) is 0. The van der Waals surface area contributed by atoms with Gasteiger partial charge in [0.05, 0.1) is 0 Å². The molecule has 0 spiro atoms. The van der Waals surface area contributed by atoms with E-state index >= 15 is 0 Å². The number of nitrogens with zero attached hydrogens (tertiary/aromatic N) is 2. The standard InChI is InChI=1S/C25H32N2O2/c1-18-8-6-12-23(19(18)2)26-14-16-27(17-15-26)25(28)20(3)29-24-13-7-10-21-9-4-5-11-22(21)24/h6-8,10,12-13,20H,4-5,9,11,14-17H2,1-3H3. The molecule has 1 unspecified atom stereocenters. The Morgan fingerprint density at radius 3 is 2.48 bits per heavy atom. The summed E-state index contributed by atoms with van der Waals surface area (Å²) in [5.41, 5.74) is 6.62. The molecule has 2 aliphatic rings. The molecular weight excluding hydrogens is 360 g/mol. The Bertz CT molecular complexity index is 884. The smallest absolute Gasteiger partial charge is 0.263 e. The van der Waals surface area contributed by atoms with Crippen molar-refractivity contribution in [1.29, 1.82) is 0 Å². The number of hydrogen-bond acceptors (Lipinski definition) is 3. The Balaban J connectivity index is 1.38. The minimum absolute atomic E-state index is 0.0963. The second kappa shape index (κ2) is 8.48. The van der Waals surface area contributed by atoms with Crippen LogP contribution in [0.15, 0.2) is 36.4 Å². The van der Waals surface area contributed by atoms with E-state index in [2.05, 4.69) is 49.1 Å². The van der Waals surface area contributed by atoms with Gasteiger partial charge in [0.1, 0.15) is 5.75 Å². The predicted molar refractivity (Wildman–Crippen MR) is 118 cm³/mol. The van der Waals surface area contributed by atoms with E-state index in [1.807, 2.05) is 17.9 Å². The van der Waals surface area contributed by atoms with Gasteiger partial charge in [-0.25, -0.2) is 0 Å². The van der Waals surface area contributed by atoms with E-state index in [4.69, 9.17) is 4.74 Å². The molecule has 0 saturated carbocycles. The Labute approximate surface area is 174 Å². The van der Waals surface area contributed by atoms with Crippen LogP contribution in [-0.4, -0.2) is 43.1 Å². The number of benzene rings is 2. The number of carbonyl (C=O) groups excluding carboxylic acids is 1. The van der Waals surface area contributed by atoms with Gasteiger partial charge in [0.15, 0.2) is 6.10 Å². The van der Waals surface area contributed by atoms with Gasteiger partial charge in [-0.2, -0.15) is 0 Å². The highest BCUT2D eigenvalue weighted by Gasteiger charge is 2.27. The Kier molecular flexibility index (Phi) is 5.79. The normalized spacial score (nSPS) is 17.6. The zero-order valence-electron chi connectivity index (χ0n) is 17.9. The minimum atomic E-state index is -0.448. The van der Waals surface area contributed by atoms with E-state index in [1.54, 1.807) is 0 Å². The molecule has 0 aromatic heterocycles. The average Bonchev–Trinajstić information content (AvgIpc) is 2.75. The largest absolute Gasteiger partial charge is 0.481 e. The summed E-state index contributed by atoms with van der Waals surface area (Å²) >= 11 is 0. The van der Waals surface area contributed by atoms with Crippen LogP contribution in [0.1, 0.15) is 42.0 Å². The van der Waals surface area contributed by atoms with Crippen molar-refractivity contribution in [3.63, 3.8) is 0 Å². The zero-order valence-corrected chi connectivity index (χ0v) is 17.9. The lowest BCUT2D eigenvalue weighted by Gasteiger charge is -2.38. The number of aryl methyl sites for hydroxylation is 2. The first-order valence-electron chi connectivity index (χ1n) is 10.9. The second-order valence-electron chi connectivity index (χ2n) is 8.39. The van der Waals surface area contributed by atoms with Crippen molar-refractivity contribution in [2.75, 3.05) is 31.1 Å². The van der Waals surface area contributed by atoms with Crippen LogP contribution in [0, 0.1) is 13.8 Å². The SMILES string of the molecule is Cc1cccc(N2CCN(C(=O)C(C)Oc3cccc4c3CCCC4)CC2)c1C. The highest BCUT2D eigenvalue weighted by molar-refractivity contribution is 5.81. The minimum Gasteiger partial charge on any atom is -0.481 e. The number of fused-ring (bicyclic) bond motifs is 1. The van der Waals surface area contributed by atoms with Gasteiger partial charge in [-0.1, -0.05) is 24.3 Å². The van der Waals surface area contributed by atoms with Crippen molar-refractivity contribution in [1.82, 2.24) is 4.90 Å². The van der Waals surface area contributed by atoms with Gasteiger partial charge in [-0.15, -0.1) is 0 Å². The fourth-order valence-electron chi connectivity index (χ4n) is 4.60. The maximum atomic E-state index is 13.0. The van der Waals surface area contributed by atoms with E-state index in [0.29, 0.717) is 0 Å². The van der Waals surface area contributed by atoms with Gasteiger partial charge >= 0.3 is 0 Å². The van der Waals surface area contributed by atoms with E-state index in [-0.39, 0.29) is 5.91 Å². The summed E-state index contributed by atoms with van der Waals surface area (Å²) in [5, 5.41) is 0. The number of rotatable bonds is 4. The molecular formula is C25H32N2O2. The second-order valence-corrected chi connectivity index (χ2v) is 8.39. The molecule has 4 nitrogen and oxygen atoms in total. The molecule has 1 aliphatic heterocycles. The number of hydrogen-bond donors (Lipinski definition) is 0. The van der Waals surface area contributed by atoms with Crippen LogP contribution in [0.4, 0.5) is 5.69 Å². The third kappa shape index (κ3) is 4.12. The van der Waals surface area contributed by atoms with Crippen LogP contribution in [0.25, 0.3) is 0 Å². The molecule has 1 aliphatic carbocycles.